The zero-order valence-corrected chi connectivity index (χ0v) is 24.4. The van der Waals surface area contributed by atoms with Crippen molar-refractivity contribution < 1.29 is 19.0 Å². The van der Waals surface area contributed by atoms with Gasteiger partial charge in [-0.25, -0.2) is 9.78 Å². The monoisotopic (exact) mass is 566 g/mol. The van der Waals surface area contributed by atoms with Crippen LogP contribution < -0.4 is 20.1 Å². The van der Waals surface area contributed by atoms with E-state index in [0.717, 1.165) is 25.2 Å². The average Bonchev–Trinajstić information content (AvgIpc) is 2.98. The van der Waals surface area contributed by atoms with Gasteiger partial charge in [0.05, 0.1) is 6.61 Å². The Bertz CT molecular complexity index is 1450. The van der Waals surface area contributed by atoms with Gasteiger partial charge >= 0.3 is 6.03 Å². The maximum atomic E-state index is 12.8. The first-order valence-corrected chi connectivity index (χ1v) is 14.2. The number of carbonyl (C=O) groups is 1. The van der Waals surface area contributed by atoms with E-state index in [1.807, 2.05) is 42.5 Å². The summed E-state index contributed by atoms with van der Waals surface area (Å²) in [5, 5.41) is 5.71. The molecule has 4 aromatic rings. The fraction of sp³-hybridized carbons (Fsp3) is 0.294. The highest BCUT2D eigenvalue weighted by Gasteiger charge is 2.22. The number of pyridine rings is 1. The summed E-state index contributed by atoms with van der Waals surface area (Å²) in [6.45, 7) is 10.1. The van der Waals surface area contributed by atoms with Gasteiger partial charge in [-0.1, -0.05) is 69.3 Å². The zero-order chi connectivity index (χ0) is 29.4. The van der Waals surface area contributed by atoms with E-state index in [9.17, 15) is 4.79 Å². The van der Waals surface area contributed by atoms with Gasteiger partial charge in [0, 0.05) is 37.1 Å². The van der Waals surface area contributed by atoms with Gasteiger partial charge in [0.2, 0.25) is 5.88 Å². The van der Waals surface area contributed by atoms with E-state index in [0.29, 0.717) is 42.0 Å². The highest BCUT2D eigenvalue weighted by molar-refractivity contribution is 6.00. The fourth-order valence-corrected chi connectivity index (χ4v) is 4.82. The summed E-state index contributed by atoms with van der Waals surface area (Å²) >= 11 is 0. The third-order valence-corrected chi connectivity index (χ3v) is 6.94. The number of amides is 2. The van der Waals surface area contributed by atoms with Crippen molar-refractivity contribution in [2.45, 2.75) is 38.8 Å². The van der Waals surface area contributed by atoms with E-state index >= 15 is 0 Å². The Morgan fingerprint density at radius 3 is 2.50 bits per heavy atom. The van der Waals surface area contributed by atoms with E-state index in [1.54, 1.807) is 30.5 Å². The van der Waals surface area contributed by atoms with Gasteiger partial charge in [0.1, 0.15) is 29.9 Å². The second-order valence-electron chi connectivity index (χ2n) is 11.3. The molecule has 1 aromatic heterocycles. The van der Waals surface area contributed by atoms with Crippen molar-refractivity contribution in [3.63, 3.8) is 0 Å². The molecule has 3 aromatic carbocycles. The van der Waals surface area contributed by atoms with E-state index in [4.69, 9.17) is 14.2 Å². The van der Waals surface area contributed by atoms with Crippen molar-refractivity contribution in [2.75, 3.05) is 36.9 Å². The molecule has 2 amide bonds. The lowest BCUT2D eigenvalue weighted by Gasteiger charge is -2.32. The summed E-state index contributed by atoms with van der Waals surface area (Å²) in [5.41, 5.74) is 3.33. The number of benzene rings is 3. The lowest BCUT2D eigenvalue weighted by Crippen LogP contribution is -2.44. The first-order chi connectivity index (χ1) is 20.3. The van der Waals surface area contributed by atoms with Crippen LogP contribution in [0.3, 0.4) is 0 Å². The molecule has 218 valence electrons. The number of morpholine rings is 1. The molecule has 1 unspecified atom stereocenters. The van der Waals surface area contributed by atoms with Crippen LogP contribution in [0, 0.1) is 0 Å². The van der Waals surface area contributed by atoms with Crippen LogP contribution in [-0.4, -0.2) is 48.3 Å². The molecule has 1 saturated heterocycles. The van der Waals surface area contributed by atoms with Crippen LogP contribution in [0.15, 0.2) is 97.2 Å². The summed E-state index contributed by atoms with van der Waals surface area (Å²) in [5.74, 6) is 1.73. The minimum Gasteiger partial charge on any atom is -0.491 e. The standard InChI is InChI=1S/C34H38N4O4/c1-34(2,3)29-12-7-8-14-31(29)42-32-30(13-9-19-35-32)37-33(39)36-26-15-17-27(18-16-26)41-24-28-23-38(20-21-40-28)22-25-10-5-4-6-11-25/h4-19,28H,20-24H2,1-3H3,(H2,36,37,39). The molecule has 0 spiro atoms. The quantitative estimate of drug-likeness (QED) is 0.225. The van der Waals surface area contributed by atoms with Gasteiger partial charge in [0.15, 0.2) is 0 Å². The third-order valence-electron chi connectivity index (χ3n) is 6.94. The molecule has 8 heteroatoms. The van der Waals surface area contributed by atoms with Crippen LogP contribution in [0.4, 0.5) is 16.2 Å². The first kappa shape index (κ1) is 29.1. The van der Waals surface area contributed by atoms with Gasteiger partial charge in [0.25, 0.3) is 0 Å². The normalized spacial score (nSPS) is 15.5. The minimum atomic E-state index is -0.403. The van der Waals surface area contributed by atoms with E-state index in [1.165, 1.54) is 5.56 Å². The molecule has 42 heavy (non-hydrogen) atoms. The molecule has 5 rings (SSSR count). The lowest BCUT2D eigenvalue weighted by molar-refractivity contribution is -0.0504. The van der Waals surface area contributed by atoms with Gasteiger partial charge in [-0.2, -0.15) is 0 Å². The summed E-state index contributed by atoms with van der Waals surface area (Å²) in [7, 11) is 0. The number of ether oxygens (including phenoxy) is 3. The predicted octanol–water partition coefficient (Wildman–Crippen LogP) is 7.10. The van der Waals surface area contributed by atoms with Gasteiger partial charge in [-0.3, -0.25) is 4.90 Å². The van der Waals surface area contributed by atoms with Crippen LogP contribution in [0.25, 0.3) is 0 Å². The molecule has 1 aliphatic rings. The zero-order valence-electron chi connectivity index (χ0n) is 24.4. The predicted molar refractivity (Wildman–Crippen MR) is 165 cm³/mol. The van der Waals surface area contributed by atoms with Crippen LogP contribution in [0.1, 0.15) is 31.9 Å². The molecule has 0 bridgehead atoms. The van der Waals surface area contributed by atoms with E-state index in [2.05, 4.69) is 65.6 Å². The van der Waals surface area contributed by atoms with E-state index in [-0.39, 0.29) is 11.5 Å². The number of carbonyl (C=O) groups excluding carboxylic acids is 1. The molecular formula is C34H38N4O4. The minimum absolute atomic E-state index is 0.00250. The number of hydrogen-bond acceptors (Lipinski definition) is 6. The maximum Gasteiger partial charge on any atom is 0.323 e. The Kier molecular flexibility index (Phi) is 9.36. The van der Waals surface area contributed by atoms with Crippen molar-refractivity contribution in [1.29, 1.82) is 0 Å². The van der Waals surface area contributed by atoms with Crippen molar-refractivity contribution in [3.8, 4) is 17.4 Å². The Balaban J connectivity index is 1.12. The molecule has 8 nitrogen and oxygen atoms in total. The summed E-state index contributed by atoms with van der Waals surface area (Å²) in [6, 6.07) is 28.7. The second kappa shape index (κ2) is 13.5. The smallest absolute Gasteiger partial charge is 0.323 e. The average molecular weight is 567 g/mol. The van der Waals surface area contributed by atoms with Crippen LogP contribution in [-0.2, 0) is 16.7 Å². The Hall–Kier alpha value is -4.40. The molecule has 1 aliphatic heterocycles. The van der Waals surface area contributed by atoms with Crippen LogP contribution in [0.2, 0.25) is 0 Å². The molecule has 1 atom stereocenters. The molecule has 2 N–H and O–H groups in total. The molecule has 0 aliphatic carbocycles. The van der Waals surface area contributed by atoms with Gasteiger partial charge in [-0.15, -0.1) is 0 Å². The maximum absolute atomic E-state index is 12.8. The first-order valence-electron chi connectivity index (χ1n) is 14.2. The molecule has 2 heterocycles. The number of hydrogen-bond donors (Lipinski definition) is 2. The molecule has 1 fully saturated rings. The molecule has 0 radical (unpaired) electrons. The molecule has 0 saturated carbocycles. The largest absolute Gasteiger partial charge is 0.491 e. The topological polar surface area (TPSA) is 85.0 Å². The number of nitrogens with zero attached hydrogens (tertiary/aromatic N) is 2. The van der Waals surface area contributed by atoms with Crippen LogP contribution >= 0.6 is 0 Å². The number of anilines is 2. The fourth-order valence-electron chi connectivity index (χ4n) is 4.82. The number of urea groups is 1. The summed E-state index contributed by atoms with van der Waals surface area (Å²) in [4.78, 5) is 19.6. The highest BCUT2D eigenvalue weighted by atomic mass is 16.5. The van der Waals surface area contributed by atoms with Gasteiger partial charge in [-0.05, 0) is 53.4 Å². The third kappa shape index (κ3) is 8.09. The van der Waals surface area contributed by atoms with E-state index < -0.39 is 6.03 Å². The Morgan fingerprint density at radius 1 is 0.952 bits per heavy atom. The number of para-hydroxylation sites is 1. The SMILES string of the molecule is CC(C)(C)c1ccccc1Oc1ncccc1NC(=O)Nc1ccc(OCC2CN(Cc3ccccc3)CCO2)cc1. The Labute approximate surface area is 247 Å². The van der Waals surface area contributed by atoms with Crippen LogP contribution in [0.5, 0.6) is 17.4 Å². The van der Waals surface area contributed by atoms with Crippen molar-refractivity contribution in [1.82, 2.24) is 9.88 Å². The lowest BCUT2D eigenvalue weighted by atomic mass is 9.86. The summed E-state index contributed by atoms with van der Waals surface area (Å²) < 4.78 is 18.1. The molecular weight excluding hydrogens is 528 g/mol. The van der Waals surface area contributed by atoms with Crippen molar-refractivity contribution in [2.24, 2.45) is 0 Å². The second-order valence-corrected chi connectivity index (χ2v) is 11.3. The summed E-state index contributed by atoms with van der Waals surface area (Å²) in [6.07, 6.45) is 1.63. The number of rotatable bonds is 9. The van der Waals surface area contributed by atoms with Gasteiger partial charge < -0.3 is 24.8 Å². The highest BCUT2D eigenvalue weighted by Crippen LogP contribution is 2.35. The Morgan fingerprint density at radius 2 is 1.71 bits per heavy atom. The number of aromatic nitrogens is 1. The number of nitrogens with one attached hydrogen (secondary N) is 2. The van der Waals surface area contributed by atoms with Crippen molar-refractivity contribution in [3.05, 3.63) is 108 Å². The van der Waals surface area contributed by atoms with Crippen molar-refractivity contribution >= 4 is 17.4 Å².